The van der Waals surface area contributed by atoms with Gasteiger partial charge in [0.25, 0.3) is 0 Å². The fourth-order valence-electron chi connectivity index (χ4n) is 4.05. The molecule has 0 saturated carbocycles. The highest BCUT2D eigenvalue weighted by Crippen LogP contribution is 2.25. The normalized spacial score (nSPS) is 12.2. The molecule has 2 aromatic rings. The van der Waals surface area contributed by atoms with Crippen molar-refractivity contribution in [1.82, 2.24) is 10.2 Å². The third-order valence-corrected chi connectivity index (χ3v) is 7.79. The minimum absolute atomic E-state index is 0.0712. The Morgan fingerprint density at radius 3 is 2.38 bits per heavy atom. The first kappa shape index (κ1) is 30.9. The zero-order chi connectivity index (χ0) is 27.6. The van der Waals surface area contributed by atoms with E-state index in [0.717, 1.165) is 24.7 Å². The summed E-state index contributed by atoms with van der Waals surface area (Å²) in [5.41, 5.74) is 2.17. The number of hydrogen-bond donors (Lipinski definition) is 1. The van der Waals surface area contributed by atoms with Crippen LogP contribution in [-0.2, 0) is 26.2 Å². The van der Waals surface area contributed by atoms with Crippen LogP contribution in [0.1, 0.15) is 57.1 Å². The van der Waals surface area contributed by atoms with Gasteiger partial charge in [-0.3, -0.25) is 13.9 Å². The van der Waals surface area contributed by atoms with Crippen LogP contribution in [0.3, 0.4) is 0 Å². The van der Waals surface area contributed by atoms with E-state index in [4.69, 9.17) is 23.2 Å². The number of hydrogen-bond acceptors (Lipinski definition) is 4. The van der Waals surface area contributed by atoms with Gasteiger partial charge in [0.2, 0.25) is 21.8 Å². The first-order valence-electron chi connectivity index (χ1n) is 12.5. The van der Waals surface area contributed by atoms with E-state index in [1.807, 2.05) is 26.8 Å². The minimum atomic E-state index is -3.54. The third kappa shape index (κ3) is 9.51. The van der Waals surface area contributed by atoms with Gasteiger partial charge in [0, 0.05) is 36.1 Å². The maximum absolute atomic E-state index is 13.5. The second-order valence-electron chi connectivity index (χ2n) is 9.10. The van der Waals surface area contributed by atoms with Crippen molar-refractivity contribution in [2.24, 2.45) is 0 Å². The summed E-state index contributed by atoms with van der Waals surface area (Å²) in [6, 6.07) is 11.6. The smallest absolute Gasteiger partial charge is 0.242 e. The van der Waals surface area contributed by atoms with Crippen molar-refractivity contribution < 1.29 is 18.0 Å². The summed E-state index contributed by atoms with van der Waals surface area (Å²) in [6.07, 6.45) is 3.73. The van der Waals surface area contributed by atoms with E-state index in [0.29, 0.717) is 40.7 Å². The lowest BCUT2D eigenvalue weighted by molar-refractivity contribution is -0.141. The van der Waals surface area contributed by atoms with Crippen LogP contribution in [-0.4, -0.2) is 50.5 Å². The van der Waals surface area contributed by atoms with Crippen molar-refractivity contribution in [2.75, 3.05) is 23.7 Å². The van der Waals surface area contributed by atoms with E-state index in [2.05, 4.69) is 5.32 Å². The van der Waals surface area contributed by atoms with Crippen LogP contribution in [0.4, 0.5) is 5.69 Å². The number of anilines is 1. The van der Waals surface area contributed by atoms with Crippen LogP contribution < -0.4 is 9.62 Å². The zero-order valence-electron chi connectivity index (χ0n) is 22.0. The van der Waals surface area contributed by atoms with Crippen molar-refractivity contribution in [3.8, 4) is 0 Å². The molecule has 0 aliphatic carbocycles. The number of carbonyl (C=O) groups is 2. The number of unbranched alkanes of at least 4 members (excludes halogenated alkanes) is 1. The number of rotatable bonds is 14. The Morgan fingerprint density at radius 1 is 1.05 bits per heavy atom. The average Bonchev–Trinajstić information content (AvgIpc) is 2.82. The molecule has 1 N–H and O–H groups in total. The quantitative estimate of drug-likeness (QED) is 0.301. The first-order valence-corrected chi connectivity index (χ1v) is 15.1. The fraction of sp³-hybridized carbons (Fsp3) is 0.481. The minimum Gasteiger partial charge on any atom is -0.354 e. The van der Waals surface area contributed by atoms with Gasteiger partial charge in [-0.05, 0) is 61.6 Å². The zero-order valence-corrected chi connectivity index (χ0v) is 24.3. The Kier molecular flexibility index (Phi) is 12.2. The lowest BCUT2D eigenvalue weighted by atomic mass is 10.1. The van der Waals surface area contributed by atoms with E-state index in [1.54, 1.807) is 36.4 Å². The molecule has 0 fully saturated rings. The second-order valence-corrected chi connectivity index (χ2v) is 11.9. The van der Waals surface area contributed by atoms with Crippen molar-refractivity contribution in [3.63, 3.8) is 0 Å². The molecular weight excluding hydrogens is 533 g/mol. The number of carbonyl (C=O) groups excluding carboxylic acids is 2. The van der Waals surface area contributed by atoms with Crippen LogP contribution in [0.2, 0.25) is 10.0 Å². The highest BCUT2D eigenvalue weighted by Gasteiger charge is 2.29. The Balaban J connectivity index is 2.23. The van der Waals surface area contributed by atoms with Gasteiger partial charge < -0.3 is 10.2 Å². The number of benzene rings is 2. The molecule has 0 bridgehead atoms. The predicted octanol–water partition coefficient (Wildman–Crippen LogP) is 5.57. The molecule has 1 atom stereocenters. The number of nitrogens with one attached hydrogen (secondary N) is 1. The van der Waals surface area contributed by atoms with E-state index in [-0.39, 0.29) is 31.3 Å². The Hall–Kier alpha value is -2.29. The van der Waals surface area contributed by atoms with Gasteiger partial charge in [0.05, 0.1) is 11.9 Å². The molecule has 7 nitrogen and oxygen atoms in total. The van der Waals surface area contributed by atoms with Crippen LogP contribution in [0, 0.1) is 6.92 Å². The molecule has 2 amide bonds. The summed E-state index contributed by atoms with van der Waals surface area (Å²) in [7, 11) is -3.54. The molecule has 0 radical (unpaired) electrons. The number of sulfonamides is 1. The predicted molar refractivity (Wildman–Crippen MR) is 152 cm³/mol. The van der Waals surface area contributed by atoms with Crippen molar-refractivity contribution >= 4 is 50.7 Å². The molecule has 37 heavy (non-hydrogen) atoms. The summed E-state index contributed by atoms with van der Waals surface area (Å²) in [5.74, 6) is -0.465. The van der Waals surface area contributed by atoms with E-state index < -0.39 is 16.1 Å². The van der Waals surface area contributed by atoms with Gasteiger partial charge in [-0.15, -0.1) is 0 Å². The third-order valence-electron chi connectivity index (χ3n) is 6.01. The number of amides is 2. The summed E-state index contributed by atoms with van der Waals surface area (Å²) in [6.45, 7) is 6.61. The van der Waals surface area contributed by atoms with Gasteiger partial charge in [-0.1, -0.05) is 61.7 Å². The topological polar surface area (TPSA) is 86.8 Å². The summed E-state index contributed by atoms with van der Waals surface area (Å²) < 4.78 is 26.3. The van der Waals surface area contributed by atoms with Gasteiger partial charge >= 0.3 is 0 Å². The maximum atomic E-state index is 13.5. The molecule has 0 heterocycles. The summed E-state index contributed by atoms with van der Waals surface area (Å²) in [5, 5.41) is 3.82. The van der Waals surface area contributed by atoms with E-state index in [9.17, 15) is 18.0 Å². The number of nitrogens with zero attached hydrogens (tertiary/aromatic N) is 2. The number of halogens is 2. The molecule has 2 aromatic carbocycles. The van der Waals surface area contributed by atoms with Crippen molar-refractivity contribution in [3.05, 3.63) is 63.6 Å². The summed E-state index contributed by atoms with van der Waals surface area (Å²) >= 11 is 12.4. The molecule has 0 aliphatic heterocycles. The highest BCUT2D eigenvalue weighted by molar-refractivity contribution is 7.92. The second kappa shape index (κ2) is 14.6. The lowest BCUT2D eigenvalue weighted by Gasteiger charge is -2.31. The standard InChI is InChI=1S/C27H37Cl2N3O4S/c1-5-7-15-30-27(34)25(6-2)31(19-21-13-14-22(28)18-24(21)29)26(33)12-9-16-32(37(4,35)36)23-11-8-10-20(3)17-23/h8,10-11,13-14,17-18,25H,5-7,9,12,15-16,19H2,1-4H3,(H,30,34). The van der Waals surface area contributed by atoms with Crippen molar-refractivity contribution in [1.29, 1.82) is 0 Å². The number of aryl methyl sites for hydroxylation is 1. The SMILES string of the molecule is CCCCNC(=O)C(CC)N(Cc1ccc(Cl)cc1Cl)C(=O)CCCN(c1cccc(C)c1)S(C)(=O)=O. The molecule has 0 aromatic heterocycles. The Morgan fingerprint density at radius 2 is 1.78 bits per heavy atom. The average molecular weight is 571 g/mol. The lowest BCUT2D eigenvalue weighted by Crippen LogP contribution is -2.49. The monoisotopic (exact) mass is 569 g/mol. The fourth-order valence-corrected chi connectivity index (χ4v) is 5.47. The Labute approximate surface area is 231 Å². The Bertz CT molecular complexity index is 1170. The van der Waals surface area contributed by atoms with Crippen LogP contribution in [0.25, 0.3) is 0 Å². The highest BCUT2D eigenvalue weighted by atomic mass is 35.5. The summed E-state index contributed by atoms with van der Waals surface area (Å²) in [4.78, 5) is 28.0. The van der Waals surface area contributed by atoms with E-state index >= 15 is 0 Å². The van der Waals surface area contributed by atoms with Crippen LogP contribution in [0.5, 0.6) is 0 Å². The van der Waals surface area contributed by atoms with Crippen molar-refractivity contribution in [2.45, 2.75) is 65.5 Å². The molecule has 0 saturated heterocycles. The van der Waals surface area contributed by atoms with Crippen LogP contribution in [0.15, 0.2) is 42.5 Å². The molecule has 1 unspecified atom stereocenters. The van der Waals surface area contributed by atoms with Crippen LogP contribution >= 0.6 is 23.2 Å². The van der Waals surface area contributed by atoms with Gasteiger partial charge in [0.1, 0.15) is 6.04 Å². The van der Waals surface area contributed by atoms with Gasteiger partial charge in [0.15, 0.2) is 0 Å². The molecule has 0 aliphatic rings. The molecule has 0 spiro atoms. The largest absolute Gasteiger partial charge is 0.354 e. The molecule has 204 valence electrons. The molecule has 10 heteroatoms. The van der Waals surface area contributed by atoms with Gasteiger partial charge in [-0.2, -0.15) is 0 Å². The van der Waals surface area contributed by atoms with E-state index in [1.165, 1.54) is 9.21 Å². The maximum Gasteiger partial charge on any atom is 0.242 e. The first-order chi connectivity index (χ1) is 17.5. The molecular formula is C27H37Cl2N3O4S. The van der Waals surface area contributed by atoms with Gasteiger partial charge in [-0.25, -0.2) is 8.42 Å². The molecule has 2 rings (SSSR count).